The summed E-state index contributed by atoms with van der Waals surface area (Å²) in [5.74, 6) is 0. The van der Waals surface area contributed by atoms with Crippen LogP contribution in [0.4, 0.5) is 0 Å². The molecule has 0 aliphatic heterocycles. The van der Waals surface area contributed by atoms with Crippen molar-refractivity contribution in [3.63, 3.8) is 0 Å². The SMILES string of the molecule is C/N=C(\C)C(C)(c1nccs1)n1ccc2c(C(C)(C)O)cc(-c3cn(C)c4c(=O)[nH]ccc34)cc21. The van der Waals surface area contributed by atoms with Crippen molar-refractivity contribution >= 4 is 38.9 Å². The Hall–Kier alpha value is -3.49. The monoisotopic (exact) mass is 487 g/mol. The highest BCUT2D eigenvalue weighted by Crippen LogP contribution is 2.40. The van der Waals surface area contributed by atoms with E-state index in [1.165, 1.54) is 0 Å². The lowest BCUT2D eigenvalue weighted by molar-refractivity contribution is 0.0802. The summed E-state index contributed by atoms with van der Waals surface area (Å²) >= 11 is 1.59. The highest BCUT2D eigenvalue weighted by molar-refractivity contribution is 7.09. The number of rotatable bonds is 5. The van der Waals surface area contributed by atoms with Gasteiger partial charge in [-0.15, -0.1) is 11.3 Å². The van der Waals surface area contributed by atoms with E-state index in [0.717, 1.165) is 43.7 Å². The average molecular weight is 488 g/mol. The summed E-state index contributed by atoms with van der Waals surface area (Å²) in [5, 5.41) is 15.9. The summed E-state index contributed by atoms with van der Waals surface area (Å²) in [7, 11) is 3.67. The zero-order chi connectivity index (χ0) is 25.1. The van der Waals surface area contributed by atoms with E-state index < -0.39 is 11.1 Å². The second-order valence-corrected chi connectivity index (χ2v) is 10.5. The number of hydrogen-bond acceptors (Lipinski definition) is 5. The number of aliphatic imine (C=N–C) groups is 1. The number of aliphatic hydroxyl groups is 1. The number of benzene rings is 1. The molecule has 0 fully saturated rings. The molecule has 180 valence electrons. The second-order valence-electron chi connectivity index (χ2n) is 9.64. The number of H-pyrrole nitrogens is 1. The van der Waals surface area contributed by atoms with Gasteiger partial charge in [-0.3, -0.25) is 9.79 Å². The third kappa shape index (κ3) is 3.47. The van der Waals surface area contributed by atoms with E-state index >= 15 is 0 Å². The first kappa shape index (κ1) is 23.3. The number of nitrogens with one attached hydrogen (secondary N) is 1. The maximum absolute atomic E-state index is 12.5. The zero-order valence-corrected chi connectivity index (χ0v) is 21.6. The van der Waals surface area contributed by atoms with Gasteiger partial charge in [0.1, 0.15) is 16.1 Å². The van der Waals surface area contributed by atoms with Crippen molar-refractivity contribution in [3.05, 3.63) is 75.4 Å². The van der Waals surface area contributed by atoms with Gasteiger partial charge in [-0.25, -0.2) is 4.98 Å². The summed E-state index contributed by atoms with van der Waals surface area (Å²) in [6.45, 7) is 7.75. The molecule has 0 spiro atoms. The molecule has 4 aromatic heterocycles. The number of aromatic nitrogens is 4. The zero-order valence-electron chi connectivity index (χ0n) is 20.7. The summed E-state index contributed by atoms with van der Waals surface area (Å²) in [6, 6.07) is 8.14. The van der Waals surface area contributed by atoms with E-state index in [4.69, 9.17) is 0 Å². The molecule has 0 amide bonds. The van der Waals surface area contributed by atoms with Gasteiger partial charge >= 0.3 is 0 Å². The molecule has 35 heavy (non-hydrogen) atoms. The highest BCUT2D eigenvalue weighted by atomic mass is 32.1. The fourth-order valence-corrected chi connectivity index (χ4v) is 5.85. The Morgan fingerprint density at radius 2 is 1.97 bits per heavy atom. The fraction of sp³-hybridized carbons (Fsp3) is 0.296. The molecule has 7 nitrogen and oxygen atoms in total. The smallest absolute Gasteiger partial charge is 0.272 e. The van der Waals surface area contributed by atoms with Crippen LogP contribution >= 0.6 is 11.3 Å². The number of aromatic amines is 1. The Balaban J connectivity index is 1.88. The van der Waals surface area contributed by atoms with Crippen molar-refractivity contribution in [1.29, 1.82) is 0 Å². The summed E-state index contributed by atoms with van der Waals surface area (Å²) < 4.78 is 4.05. The van der Waals surface area contributed by atoms with Crippen LogP contribution in [0.5, 0.6) is 0 Å². The van der Waals surface area contributed by atoms with Crippen LogP contribution < -0.4 is 5.56 Å². The standard InChI is InChI=1S/C27H29N5O2S/c1-16(28-5)27(4,25-30-10-12-35-25)32-11-8-19-21(26(2,3)34)13-17(14-22(19)32)20-15-31(6)23-18(20)7-9-29-24(23)33/h7-15,34H,1-6H3,(H,29,33)/b28-16+. The molecular weight excluding hydrogens is 458 g/mol. The summed E-state index contributed by atoms with van der Waals surface area (Å²) in [5.41, 5.74) is 3.38. The van der Waals surface area contributed by atoms with Crippen molar-refractivity contribution in [2.45, 2.75) is 38.8 Å². The molecule has 5 rings (SSSR count). The molecular formula is C27H29N5O2S. The van der Waals surface area contributed by atoms with Gasteiger partial charge in [0, 0.05) is 66.3 Å². The topological polar surface area (TPSA) is 88.2 Å². The minimum Gasteiger partial charge on any atom is -0.386 e. The van der Waals surface area contributed by atoms with E-state index in [0.29, 0.717) is 5.52 Å². The number of pyridine rings is 1. The minimum absolute atomic E-state index is 0.130. The van der Waals surface area contributed by atoms with Crippen LogP contribution in [0.3, 0.4) is 0 Å². The quantitative estimate of drug-likeness (QED) is 0.341. The van der Waals surface area contributed by atoms with Crippen molar-refractivity contribution in [3.8, 4) is 11.1 Å². The van der Waals surface area contributed by atoms with Crippen molar-refractivity contribution in [1.82, 2.24) is 19.1 Å². The molecule has 0 aliphatic rings. The molecule has 0 saturated heterocycles. The Bertz CT molecular complexity index is 1650. The van der Waals surface area contributed by atoms with Crippen LogP contribution in [0.15, 0.2) is 64.2 Å². The second kappa shape index (κ2) is 8.03. The lowest BCUT2D eigenvalue weighted by Gasteiger charge is -2.31. The minimum atomic E-state index is -1.08. The summed E-state index contributed by atoms with van der Waals surface area (Å²) in [6.07, 6.45) is 7.51. The largest absolute Gasteiger partial charge is 0.386 e. The maximum atomic E-state index is 12.5. The van der Waals surface area contributed by atoms with Crippen LogP contribution in [0, 0.1) is 0 Å². The first-order valence-electron chi connectivity index (χ1n) is 11.5. The molecule has 8 heteroatoms. The van der Waals surface area contributed by atoms with E-state index in [-0.39, 0.29) is 5.56 Å². The maximum Gasteiger partial charge on any atom is 0.272 e. The van der Waals surface area contributed by atoms with Gasteiger partial charge in [0.05, 0.1) is 11.1 Å². The normalized spacial score (nSPS) is 14.7. The van der Waals surface area contributed by atoms with E-state index in [1.807, 2.05) is 54.6 Å². The molecule has 5 aromatic rings. The molecule has 1 aromatic carbocycles. The first-order valence-corrected chi connectivity index (χ1v) is 12.3. The molecule has 0 saturated carbocycles. The fourth-order valence-electron chi connectivity index (χ4n) is 5.00. The Morgan fingerprint density at radius 3 is 2.63 bits per heavy atom. The third-order valence-electron chi connectivity index (χ3n) is 7.05. The van der Waals surface area contributed by atoms with E-state index in [1.54, 1.807) is 38.4 Å². The van der Waals surface area contributed by atoms with Crippen molar-refractivity contribution in [2.24, 2.45) is 12.0 Å². The molecule has 0 bridgehead atoms. The highest BCUT2D eigenvalue weighted by Gasteiger charge is 2.36. The molecule has 1 atom stereocenters. The number of aryl methyl sites for hydroxylation is 1. The lowest BCUT2D eigenvalue weighted by atomic mass is 9.90. The number of thiazole rings is 1. The van der Waals surface area contributed by atoms with Gasteiger partial charge in [-0.2, -0.15) is 0 Å². The van der Waals surface area contributed by atoms with E-state index in [9.17, 15) is 9.90 Å². The number of fused-ring (bicyclic) bond motifs is 2. The van der Waals surface area contributed by atoms with Gasteiger partial charge in [0.25, 0.3) is 5.56 Å². The molecule has 0 radical (unpaired) electrons. The van der Waals surface area contributed by atoms with Crippen LogP contribution in [0.25, 0.3) is 32.9 Å². The van der Waals surface area contributed by atoms with Gasteiger partial charge in [-0.1, -0.05) is 0 Å². The average Bonchev–Trinajstić information content (AvgIpc) is 3.56. The Kier molecular flexibility index (Phi) is 5.34. The predicted molar refractivity (Wildman–Crippen MR) is 144 cm³/mol. The van der Waals surface area contributed by atoms with E-state index in [2.05, 4.69) is 38.6 Å². The van der Waals surface area contributed by atoms with Crippen molar-refractivity contribution in [2.75, 3.05) is 7.05 Å². The predicted octanol–water partition coefficient (Wildman–Crippen LogP) is 5.03. The Labute approximate surface area is 207 Å². The molecule has 2 N–H and O–H groups in total. The van der Waals surface area contributed by atoms with Gasteiger partial charge in [-0.05, 0) is 63.1 Å². The number of nitrogens with zero attached hydrogens (tertiary/aromatic N) is 4. The van der Waals surface area contributed by atoms with Crippen molar-refractivity contribution < 1.29 is 5.11 Å². The van der Waals surface area contributed by atoms with Crippen LogP contribution in [-0.4, -0.2) is 37.0 Å². The third-order valence-corrected chi connectivity index (χ3v) is 8.03. The molecule has 0 aliphatic carbocycles. The van der Waals surface area contributed by atoms with Gasteiger partial charge < -0.3 is 19.2 Å². The number of hydrogen-bond donors (Lipinski definition) is 2. The van der Waals surface area contributed by atoms with Gasteiger partial charge in [0.15, 0.2) is 0 Å². The van der Waals surface area contributed by atoms with Crippen LogP contribution in [0.2, 0.25) is 0 Å². The lowest BCUT2D eigenvalue weighted by Crippen LogP contribution is -2.38. The van der Waals surface area contributed by atoms with Crippen LogP contribution in [0.1, 0.15) is 38.3 Å². The molecule has 1 unspecified atom stereocenters. The molecule has 4 heterocycles. The first-order chi connectivity index (χ1) is 16.6. The Morgan fingerprint density at radius 1 is 1.20 bits per heavy atom. The van der Waals surface area contributed by atoms with Gasteiger partial charge in [0.2, 0.25) is 0 Å². The van der Waals surface area contributed by atoms with Crippen LogP contribution in [-0.2, 0) is 18.2 Å². The summed E-state index contributed by atoms with van der Waals surface area (Å²) in [4.78, 5) is 24.5.